The summed E-state index contributed by atoms with van der Waals surface area (Å²) in [5, 5.41) is 15.0. The van der Waals surface area contributed by atoms with E-state index < -0.39 is 17.7 Å². The minimum absolute atomic E-state index is 0.0617. The number of hydrogen-bond acceptors (Lipinski definition) is 6. The first-order valence-electron chi connectivity index (χ1n) is 8.15. The lowest BCUT2D eigenvalue weighted by molar-refractivity contribution is -0.129. The van der Waals surface area contributed by atoms with Crippen molar-refractivity contribution in [3.8, 4) is 0 Å². The van der Waals surface area contributed by atoms with Crippen molar-refractivity contribution in [3.63, 3.8) is 0 Å². The van der Waals surface area contributed by atoms with Crippen LogP contribution in [0.2, 0.25) is 0 Å². The molecule has 8 heteroatoms. The van der Waals surface area contributed by atoms with Gasteiger partial charge in [-0.25, -0.2) is 14.6 Å². The number of aromatic nitrogens is 1. The number of carboxylic acid groups (broad SMARTS) is 1. The fourth-order valence-corrected chi connectivity index (χ4v) is 2.32. The Morgan fingerprint density at radius 2 is 2.16 bits per heavy atom. The van der Waals surface area contributed by atoms with Crippen LogP contribution in [0, 0.1) is 0 Å². The van der Waals surface area contributed by atoms with E-state index in [-0.39, 0.29) is 11.8 Å². The minimum atomic E-state index is -1.04. The number of nitrogens with one attached hydrogen (secondary N) is 1. The lowest BCUT2D eigenvalue weighted by atomic mass is 10.1. The van der Waals surface area contributed by atoms with Gasteiger partial charge in [-0.15, -0.1) is 0 Å². The highest BCUT2D eigenvalue weighted by atomic mass is 16.6. The van der Waals surface area contributed by atoms with Crippen LogP contribution in [0.5, 0.6) is 0 Å². The van der Waals surface area contributed by atoms with E-state index in [9.17, 15) is 9.59 Å². The summed E-state index contributed by atoms with van der Waals surface area (Å²) < 4.78 is 5.19. The molecule has 0 fully saturated rings. The predicted molar refractivity (Wildman–Crippen MR) is 91.6 cm³/mol. The van der Waals surface area contributed by atoms with E-state index in [1.165, 1.54) is 0 Å². The predicted octanol–water partition coefficient (Wildman–Crippen LogP) is 2.98. The molecular weight excluding hydrogens is 326 g/mol. The molecule has 1 aromatic heterocycles. The van der Waals surface area contributed by atoms with Gasteiger partial charge in [0.1, 0.15) is 17.5 Å². The number of carbonyl (C=O) groups is 2. The molecule has 2 N–H and O–H groups in total. The van der Waals surface area contributed by atoms with E-state index in [4.69, 9.17) is 14.7 Å². The molecule has 0 aromatic carbocycles. The maximum Gasteiger partial charge on any atom is 0.413 e. The third-order valence-corrected chi connectivity index (χ3v) is 3.37. The Kier molecular flexibility index (Phi) is 5.95. The lowest BCUT2D eigenvalue weighted by Crippen LogP contribution is -2.27. The number of carboxylic acids is 1. The number of nitrogens with zero attached hydrogens (tertiary/aromatic N) is 2. The van der Waals surface area contributed by atoms with Gasteiger partial charge in [-0.3, -0.25) is 5.32 Å². The molecule has 2 heterocycles. The van der Waals surface area contributed by atoms with E-state index in [0.29, 0.717) is 25.1 Å². The molecule has 0 bridgehead atoms. The molecule has 1 unspecified atom stereocenters. The number of aliphatic carboxylic acids is 1. The number of rotatable bonds is 6. The number of anilines is 1. The first-order valence-corrected chi connectivity index (χ1v) is 8.15. The molecule has 136 valence electrons. The monoisotopic (exact) mass is 349 g/mol. The van der Waals surface area contributed by atoms with Crippen LogP contribution >= 0.6 is 0 Å². The van der Waals surface area contributed by atoms with Crippen LogP contribution < -0.4 is 5.32 Å². The topological polar surface area (TPSA) is 110 Å². The molecule has 1 atom stereocenters. The van der Waals surface area contributed by atoms with Crippen LogP contribution in [-0.4, -0.2) is 39.6 Å². The van der Waals surface area contributed by atoms with Crippen LogP contribution in [0.3, 0.4) is 0 Å². The minimum Gasteiger partial charge on any atom is -0.477 e. The van der Waals surface area contributed by atoms with E-state index in [1.807, 2.05) is 12.1 Å². The number of aryl methyl sites for hydroxylation is 1. The van der Waals surface area contributed by atoms with Crippen LogP contribution in [0.15, 0.2) is 23.4 Å². The molecule has 0 saturated heterocycles. The molecule has 1 aliphatic rings. The van der Waals surface area contributed by atoms with Crippen molar-refractivity contribution in [1.29, 1.82) is 0 Å². The Labute approximate surface area is 146 Å². The van der Waals surface area contributed by atoms with Crippen molar-refractivity contribution in [2.75, 3.05) is 5.32 Å². The van der Waals surface area contributed by atoms with Crippen LogP contribution in [0.4, 0.5) is 10.6 Å². The average molecular weight is 349 g/mol. The number of hydrogen-bond donors (Lipinski definition) is 2. The molecule has 1 amide bonds. The molecular formula is C17H23N3O5. The Morgan fingerprint density at radius 3 is 2.80 bits per heavy atom. The van der Waals surface area contributed by atoms with Crippen LogP contribution in [0.1, 0.15) is 45.7 Å². The number of ether oxygens (including phenoxy) is 1. The van der Waals surface area contributed by atoms with Crippen LogP contribution in [-0.2, 0) is 20.8 Å². The summed E-state index contributed by atoms with van der Waals surface area (Å²) in [6, 6.07) is 5.38. The third kappa shape index (κ3) is 6.40. The van der Waals surface area contributed by atoms with Gasteiger partial charge in [0.25, 0.3) is 0 Å². The van der Waals surface area contributed by atoms with Gasteiger partial charge >= 0.3 is 12.1 Å². The molecule has 0 spiro atoms. The normalized spacial score (nSPS) is 16.8. The lowest BCUT2D eigenvalue weighted by Gasteiger charge is -2.19. The maximum absolute atomic E-state index is 11.8. The second-order valence-electron chi connectivity index (χ2n) is 6.81. The summed E-state index contributed by atoms with van der Waals surface area (Å²) in [6.07, 6.45) is 1.72. The highest BCUT2D eigenvalue weighted by molar-refractivity contribution is 6.35. The van der Waals surface area contributed by atoms with E-state index in [1.54, 1.807) is 26.8 Å². The molecule has 25 heavy (non-hydrogen) atoms. The summed E-state index contributed by atoms with van der Waals surface area (Å²) >= 11 is 0. The summed E-state index contributed by atoms with van der Waals surface area (Å²) in [4.78, 5) is 32.0. The molecule has 0 saturated carbocycles. The van der Waals surface area contributed by atoms with E-state index in [0.717, 1.165) is 12.1 Å². The molecule has 2 rings (SSSR count). The molecule has 0 aliphatic carbocycles. The summed E-state index contributed by atoms with van der Waals surface area (Å²) in [5.74, 6) is -0.606. The van der Waals surface area contributed by atoms with Crippen molar-refractivity contribution < 1.29 is 24.3 Å². The zero-order chi connectivity index (χ0) is 18.4. The van der Waals surface area contributed by atoms with Crippen molar-refractivity contribution in [3.05, 3.63) is 23.9 Å². The van der Waals surface area contributed by atoms with Gasteiger partial charge in [-0.05, 0) is 52.2 Å². The third-order valence-electron chi connectivity index (χ3n) is 3.37. The highest BCUT2D eigenvalue weighted by Gasteiger charge is 2.25. The largest absolute Gasteiger partial charge is 0.477 e. The van der Waals surface area contributed by atoms with Crippen molar-refractivity contribution in [2.24, 2.45) is 5.16 Å². The van der Waals surface area contributed by atoms with Gasteiger partial charge < -0.3 is 14.7 Å². The number of carbonyl (C=O) groups excluding carboxylic acids is 1. The standard InChI is InChI=1S/C17H23N3O5/c1-17(2,3)24-16(23)19-14-9-5-7-11(18-14)6-4-8-12-10-13(15(21)22)20-25-12/h5,7,9,12H,4,6,8,10H2,1-3H3,(H,21,22)(H,18,19,23). The van der Waals surface area contributed by atoms with E-state index >= 15 is 0 Å². The average Bonchev–Trinajstić information content (AvgIpc) is 2.94. The SMILES string of the molecule is CC(C)(C)OC(=O)Nc1cccc(CCCC2CC(C(=O)O)=NO2)n1. The van der Waals surface area contributed by atoms with Gasteiger partial charge in [0.15, 0.2) is 5.71 Å². The maximum atomic E-state index is 11.8. The van der Waals surface area contributed by atoms with E-state index in [2.05, 4.69) is 15.5 Å². The molecule has 1 aromatic rings. The van der Waals surface area contributed by atoms with Crippen molar-refractivity contribution in [2.45, 2.75) is 58.2 Å². The van der Waals surface area contributed by atoms with Crippen molar-refractivity contribution in [1.82, 2.24) is 4.98 Å². The van der Waals surface area contributed by atoms with Crippen molar-refractivity contribution >= 4 is 23.6 Å². The van der Waals surface area contributed by atoms with Crippen LogP contribution in [0.25, 0.3) is 0 Å². The Balaban J connectivity index is 1.78. The zero-order valence-corrected chi connectivity index (χ0v) is 14.6. The first kappa shape index (κ1) is 18.7. The Bertz CT molecular complexity index is 666. The Morgan fingerprint density at radius 1 is 1.40 bits per heavy atom. The first-order chi connectivity index (χ1) is 11.7. The second kappa shape index (κ2) is 7.96. The fourth-order valence-electron chi connectivity index (χ4n) is 2.32. The fraction of sp³-hybridized carbons (Fsp3) is 0.529. The summed E-state index contributed by atoms with van der Waals surface area (Å²) in [7, 11) is 0. The quantitative estimate of drug-likeness (QED) is 0.817. The van der Waals surface area contributed by atoms with Gasteiger partial charge in [-0.1, -0.05) is 11.2 Å². The molecule has 8 nitrogen and oxygen atoms in total. The summed E-state index contributed by atoms with van der Waals surface area (Å²) in [6.45, 7) is 5.38. The number of pyridine rings is 1. The molecule has 0 radical (unpaired) electrons. The highest BCUT2D eigenvalue weighted by Crippen LogP contribution is 2.17. The van der Waals surface area contributed by atoms with Gasteiger partial charge in [0, 0.05) is 12.1 Å². The summed E-state index contributed by atoms with van der Waals surface area (Å²) in [5.41, 5.74) is 0.317. The zero-order valence-electron chi connectivity index (χ0n) is 14.6. The smallest absolute Gasteiger partial charge is 0.413 e. The molecule has 1 aliphatic heterocycles. The Hall–Kier alpha value is -2.64. The van der Waals surface area contributed by atoms with Gasteiger partial charge in [-0.2, -0.15) is 0 Å². The number of oxime groups is 1. The van der Waals surface area contributed by atoms with Gasteiger partial charge in [0.05, 0.1) is 0 Å². The second-order valence-corrected chi connectivity index (χ2v) is 6.81. The number of amides is 1. The van der Waals surface area contributed by atoms with Gasteiger partial charge in [0.2, 0.25) is 0 Å².